The lowest BCUT2D eigenvalue weighted by molar-refractivity contribution is -0.385. The van der Waals surface area contributed by atoms with E-state index in [-0.39, 0.29) is 16.5 Å². The second-order valence-corrected chi connectivity index (χ2v) is 8.69. The second kappa shape index (κ2) is 6.75. The van der Waals surface area contributed by atoms with E-state index in [2.05, 4.69) is 0 Å². The molecule has 142 valence electrons. The third kappa shape index (κ3) is 3.31. The van der Waals surface area contributed by atoms with E-state index in [4.69, 9.17) is 0 Å². The van der Waals surface area contributed by atoms with E-state index in [0.717, 1.165) is 9.87 Å². The fourth-order valence-corrected chi connectivity index (χ4v) is 4.06. The first-order chi connectivity index (χ1) is 12.6. The first kappa shape index (κ1) is 19.0. The fourth-order valence-electron chi connectivity index (χ4n) is 3.11. The Morgan fingerprint density at radius 2 is 1.89 bits per heavy atom. The van der Waals surface area contributed by atoms with Crippen LogP contribution < -0.4 is 4.90 Å². The number of benzene rings is 2. The molecule has 0 fully saturated rings. The predicted octanol–water partition coefficient (Wildman–Crippen LogP) is 2.36. The Balaban J connectivity index is 1.93. The number of hydrogen-bond donors (Lipinski definition) is 0. The number of nitro benzene ring substituents is 1. The number of nitro groups is 1. The van der Waals surface area contributed by atoms with Crippen molar-refractivity contribution in [2.75, 3.05) is 25.5 Å². The van der Waals surface area contributed by atoms with Crippen LogP contribution in [-0.4, -0.2) is 44.2 Å². The molecular weight excluding hydrogens is 370 g/mol. The van der Waals surface area contributed by atoms with E-state index < -0.39 is 14.9 Å². The van der Waals surface area contributed by atoms with E-state index in [0.29, 0.717) is 29.8 Å². The van der Waals surface area contributed by atoms with Gasteiger partial charge in [0.2, 0.25) is 10.0 Å². The quantitative estimate of drug-likeness (QED) is 0.590. The average Bonchev–Trinajstić information content (AvgIpc) is 3.03. The molecule has 8 nitrogen and oxygen atoms in total. The van der Waals surface area contributed by atoms with Crippen LogP contribution in [0.3, 0.4) is 0 Å². The molecule has 1 aliphatic heterocycles. The lowest BCUT2D eigenvalue weighted by Crippen LogP contribution is -2.29. The van der Waals surface area contributed by atoms with Gasteiger partial charge in [-0.15, -0.1) is 0 Å². The number of fused-ring (bicyclic) bond motifs is 1. The molecule has 9 heteroatoms. The van der Waals surface area contributed by atoms with E-state index in [1.54, 1.807) is 24.0 Å². The van der Waals surface area contributed by atoms with Crippen molar-refractivity contribution in [1.29, 1.82) is 0 Å². The number of anilines is 1. The molecule has 27 heavy (non-hydrogen) atoms. The first-order valence-corrected chi connectivity index (χ1v) is 9.69. The summed E-state index contributed by atoms with van der Waals surface area (Å²) in [5.74, 6) is -0.269. The standard InChI is InChI=1S/C18H19N3O5S/c1-12-10-14(4-6-16(12)21(23)24)18(22)20-9-8-13-11-15(5-7-17(13)20)27(25,26)19(2)3/h4-7,10-11H,8-9H2,1-3H3. The summed E-state index contributed by atoms with van der Waals surface area (Å²) in [6.07, 6.45) is 0.545. The number of aryl methyl sites for hydroxylation is 1. The number of carbonyl (C=O) groups is 1. The molecule has 3 rings (SSSR count). The van der Waals surface area contributed by atoms with Gasteiger partial charge >= 0.3 is 0 Å². The average molecular weight is 389 g/mol. The summed E-state index contributed by atoms with van der Waals surface area (Å²) in [6.45, 7) is 2.01. The Bertz CT molecular complexity index is 1050. The van der Waals surface area contributed by atoms with Crippen LogP contribution in [0.2, 0.25) is 0 Å². The molecule has 1 amide bonds. The van der Waals surface area contributed by atoms with E-state index in [9.17, 15) is 23.3 Å². The van der Waals surface area contributed by atoms with Crippen molar-refractivity contribution in [3.63, 3.8) is 0 Å². The normalized spacial score (nSPS) is 13.7. The lowest BCUT2D eigenvalue weighted by Gasteiger charge is -2.18. The minimum atomic E-state index is -3.54. The van der Waals surface area contributed by atoms with Gasteiger partial charge in [-0.2, -0.15) is 0 Å². The number of nitrogens with zero attached hydrogens (tertiary/aromatic N) is 3. The zero-order valence-electron chi connectivity index (χ0n) is 15.2. The van der Waals surface area contributed by atoms with Crippen LogP contribution >= 0.6 is 0 Å². The molecule has 0 N–H and O–H groups in total. The van der Waals surface area contributed by atoms with Gasteiger partial charge in [-0.05, 0) is 49.2 Å². The molecule has 0 aromatic heterocycles. The molecule has 1 heterocycles. The van der Waals surface area contributed by atoms with Gasteiger partial charge in [0.05, 0.1) is 9.82 Å². The van der Waals surface area contributed by atoms with Crippen LogP contribution in [0.4, 0.5) is 11.4 Å². The maximum atomic E-state index is 12.9. The number of carbonyl (C=O) groups excluding carboxylic acids is 1. The number of sulfonamides is 1. The molecular formula is C18H19N3O5S. The molecule has 0 radical (unpaired) electrons. The summed E-state index contributed by atoms with van der Waals surface area (Å²) in [7, 11) is -0.606. The van der Waals surface area contributed by atoms with Crippen molar-refractivity contribution in [3.8, 4) is 0 Å². The summed E-state index contributed by atoms with van der Waals surface area (Å²) in [5.41, 5.74) is 2.18. The van der Waals surface area contributed by atoms with E-state index in [1.807, 2.05) is 0 Å². The van der Waals surface area contributed by atoms with Gasteiger partial charge in [-0.3, -0.25) is 14.9 Å². The fraction of sp³-hybridized carbons (Fsp3) is 0.278. The summed E-state index contributed by atoms with van der Waals surface area (Å²) in [5, 5.41) is 10.9. The highest BCUT2D eigenvalue weighted by Gasteiger charge is 2.28. The highest BCUT2D eigenvalue weighted by atomic mass is 32.2. The van der Waals surface area contributed by atoms with E-state index in [1.165, 1.54) is 38.4 Å². The topological polar surface area (TPSA) is 101 Å². The minimum Gasteiger partial charge on any atom is -0.308 e. The SMILES string of the molecule is Cc1cc(C(=O)N2CCc3cc(S(=O)(=O)N(C)C)ccc32)ccc1[N+](=O)[O-]. The first-order valence-electron chi connectivity index (χ1n) is 8.25. The van der Waals surface area contributed by atoms with Gasteiger partial charge in [0.25, 0.3) is 11.6 Å². The Morgan fingerprint density at radius 1 is 1.19 bits per heavy atom. The van der Waals surface area contributed by atoms with Crippen molar-refractivity contribution in [2.45, 2.75) is 18.2 Å². The van der Waals surface area contributed by atoms with Crippen LogP contribution in [0.15, 0.2) is 41.3 Å². The monoisotopic (exact) mass is 389 g/mol. The molecule has 2 aromatic rings. The van der Waals surface area contributed by atoms with E-state index >= 15 is 0 Å². The Morgan fingerprint density at radius 3 is 2.48 bits per heavy atom. The van der Waals surface area contributed by atoms with Crippen LogP contribution in [0.1, 0.15) is 21.5 Å². The van der Waals surface area contributed by atoms with Gasteiger partial charge in [-0.25, -0.2) is 12.7 Å². The van der Waals surface area contributed by atoms with Crippen LogP contribution in [0.25, 0.3) is 0 Å². The van der Waals surface area contributed by atoms with Crippen molar-refractivity contribution in [2.24, 2.45) is 0 Å². The summed E-state index contributed by atoms with van der Waals surface area (Å²) >= 11 is 0. The van der Waals surface area contributed by atoms with Crippen molar-refractivity contribution in [3.05, 3.63) is 63.2 Å². The molecule has 0 saturated carbocycles. The smallest absolute Gasteiger partial charge is 0.272 e. The Labute approximate surface area is 157 Å². The zero-order chi connectivity index (χ0) is 19.9. The number of amides is 1. The zero-order valence-corrected chi connectivity index (χ0v) is 16.0. The van der Waals surface area contributed by atoms with Crippen LogP contribution in [-0.2, 0) is 16.4 Å². The van der Waals surface area contributed by atoms with Crippen LogP contribution in [0.5, 0.6) is 0 Å². The Hall–Kier alpha value is -2.78. The molecule has 0 bridgehead atoms. The minimum absolute atomic E-state index is 0.0353. The van der Waals surface area contributed by atoms with Crippen molar-refractivity contribution < 1.29 is 18.1 Å². The maximum absolute atomic E-state index is 12.9. The summed E-state index contributed by atoms with van der Waals surface area (Å²) in [6, 6.07) is 8.99. The highest BCUT2D eigenvalue weighted by molar-refractivity contribution is 7.89. The molecule has 0 aliphatic carbocycles. The van der Waals surface area contributed by atoms with Gasteiger partial charge in [0.1, 0.15) is 0 Å². The lowest BCUT2D eigenvalue weighted by atomic mass is 10.1. The maximum Gasteiger partial charge on any atom is 0.272 e. The molecule has 0 spiro atoms. The van der Waals surface area contributed by atoms with Gasteiger partial charge in [0.15, 0.2) is 0 Å². The van der Waals surface area contributed by atoms with Gasteiger partial charge in [0, 0.05) is 43.5 Å². The highest BCUT2D eigenvalue weighted by Crippen LogP contribution is 2.32. The third-order valence-corrected chi connectivity index (χ3v) is 6.42. The van der Waals surface area contributed by atoms with Crippen molar-refractivity contribution >= 4 is 27.3 Å². The van der Waals surface area contributed by atoms with Gasteiger partial charge < -0.3 is 4.90 Å². The summed E-state index contributed by atoms with van der Waals surface area (Å²) in [4.78, 5) is 25.1. The molecule has 0 unspecified atom stereocenters. The van der Waals surface area contributed by atoms with Crippen molar-refractivity contribution in [1.82, 2.24) is 4.31 Å². The molecule has 2 aromatic carbocycles. The van der Waals surface area contributed by atoms with Gasteiger partial charge in [-0.1, -0.05) is 0 Å². The molecule has 0 atom stereocenters. The number of hydrogen-bond acceptors (Lipinski definition) is 5. The molecule has 0 saturated heterocycles. The predicted molar refractivity (Wildman–Crippen MR) is 101 cm³/mol. The second-order valence-electron chi connectivity index (χ2n) is 6.54. The number of rotatable bonds is 4. The summed E-state index contributed by atoms with van der Waals surface area (Å²) < 4.78 is 25.7. The third-order valence-electron chi connectivity index (χ3n) is 4.61. The molecule has 1 aliphatic rings. The van der Waals surface area contributed by atoms with Crippen LogP contribution in [0, 0.1) is 17.0 Å². The largest absolute Gasteiger partial charge is 0.308 e. The Kier molecular flexibility index (Phi) is 4.75.